The quantitative estimate of drug-likeness (QED) is 0.135. The summed E-state index contributed by atoms with van der Waals surface area (Å²) in [6, 6.07) is 47.3. The van der Waals surface area contributed by atoms with Crippen molar-refractivity contribution in [3.8, 4) is 67.9 Å². The van der Waals surface area contributed by atoms with Crippen LogP contribution in [0.15, 0.2) is 146 Å². The van der Waals surface area contributed by atoms with Crippen molar-refractivity contribution in [3.05, 3.63) is 179 Å². The Kier molecular flexibility index (Phi) is 8.07. The minimum Gasteiger partial charge on any atom is -0.504 e. The number of hydrogen-bond donors (Lipinski definition) is 4. The van der Waals surface area contributed by atoms with Crippen molar-refractivity contribution < 1.29 is 29.9 Å². The molecule has 0 aromatic heterocycles. The van der Waals surface area contributed by atoms with Gasteiger partial charge in [-0.25, -0.2) is 0 Å². The molecule has 0 bridgehead atoms. The van der Waals surface area contributed by atoms with Crippen molar-refractivity contribution in [2.24, 2.45) is 0 Å². The van der Waals surface area contributed by atoms with Crippen LogP contribution in [0.25, 0.3) is 33.4 Å². The van der Waals surface area contributed by atoms with Crippen LogP contribution in [0.5, 0.6) is 34.5 Å². The highest BCUT2D eigenvalue weighted by atomic mass is 16.5. The number of rotatable bonds is 5. The fourth-order valence-electron chi connectivity index (χ4n) is 7.96. The Morgan fingerprint density at radius 1 is 0.442 bits per heavy atom. The lowest BCUT2D eigenvalue weighted by Gasteiger charge is -2.34. The van der Waals surface area contributed by atoms with Crippen molar-refractivity contribution in [3.63, 3.8) is 0 Å². The van der Waals surface area contributed by atoms with E-state index in [-0.39, 0.29) is 23.0 Å². The molecule has 0 saturated carbocycles. The Morgan fingerprint density at radius 3 is 1.52 bits per heavy atom. The lowest BCUT2D eigenvalue weighted by atomic mass is 9.67. The molecule has 7 aromatic rings. The molecular formula is C46H36O6. The van der Waals surface area contributed by atoms with Gasteiger partial charge in [-0.3, -0.25) is 0 Å². The second-order valence-electron chi connectivity index (χ2n) is 13.0. The molecule has 2 aliphatic carbocycles. The van der Waals surface area contributed by atoms with Gasteiger partial charge in [0.25, 0.3) is 0 Å². The summed E-state index contributed by atoms with van der Waals surface area (Å²) in [7, 11) is 3.09. The predicted octanol–water partition coefficient (Wildman–Crippen LogP) is 9.81. The van der Waals surface area contributed by atoms with Gasteiger partial charge in [0, 0.05) is 0 Å². The molecule has 0 atom stereocenters. The number of methoxy groups -OCH3 is 2. The molecule has 4 N–H and O–H groups in total. The van der Waals surface area contributed by atoms with E-state index in [2.05, 4.69) is 60.7 Å². The zero-order chi connectivity index (χ0) is 36.0. The zero-order valence-electron chi connectivity index (χ0n) is 28.7. The van der Waals surface area contributed by atoms with E-state index in [0.29, 0.717) is 11.5 Å². The summed E-state index contributed by atoms with van der Waals surface area (Å²) in [6.45, 7) is 0. The van der Waals surface area contributed by atoms with E-state index in [1.54, 1.807) is 32.4 Å². The summed E-state index contributed by atoms with van der Waals surface area (Å²) in [5.41, 5.74) is 13.0. The van der Waals surface area contributed by atoms with Gasteiger partial charge in [0.15, 0.2) is 34.5 Å². The number of aromatic hydroxyl groups is 4. The van der Waals surface area contributed by atoms with Crippen LogP contribution in [0.2, 0.25) is 0 Å². The van der Waals surface area contributed by atoms with E-state index in [0.717, 1.165) is 50.9 Å². The van der Waals surface area contributed by atoms with Crippen LogP contribution in [-0.2, 0) is 11.8 Å². The summed E-state index contributed by atoms with van der Waals surface area (Å²) < 4.78 is 10.9. The Hall–Kier alpha value is -6.66. The molecule has 9 rings (SSSR count). The lowest BCUT2D eigenvalue weighted by molar-refractivity contribution is 0.371. The van der Waals surface area contributed by atoms with E-state index < -0.39 is 5.41 Å². The number of ether oxygens (including phenoxy) is 2. The smallest absolute Gasteiger partial charge is 0.160 e. The van der Waals surface area contributed by atoms with Crippen molar-refractivity contribution in [2.45, 2.75) is 11.8 Å². The second kappa shape index (κ2) is 12.9. The number of phenols is 4. The molecule has 6 heteroatoms. The van der Waals surface area contributed by atoms with E-state index in [9.17, 15) is 20.4 Å². The fraction of sp³-hybridized carbons (Fsp3) is 0.0870. The van der Waals surface area contributed by atoms with Crippen LogP contribution in [0.4, 0.5) is 0 Å². The Bertz CT molecular complexity index is 2380. The monoisotopic (exact) mass is 684 g/mol. The summed E-state index contributed by atoms with van der Waals surface area (Å²) in [5, 5.41) is 39.7. The maximum atomic E-state index is 10.3. The van der Waals surface area contributed by atoms with Gasteiger partial charge in [0.2, 0.25) is 0 Å². The Morgan fingerprint density at radius 2 is 0.942 bits per heavy atom. The molecule has 52 heavy (non-hydrogen) atoms. The van der Waals surface area contributed by atoms with Crippen LogP contribution < -0.4 is 9.47 Å². The van der Waals surface area contributed by atoms with Gasteiger partial charge < -0.3 is 29.9 Å². The van der Waals surface area contributed by atoms with E-state index in [1.807, 2.05) is 60.7 Å². The van der Waals surface area contributed by atoms with Gasteiger partial charge in [-0.05, 0) is 110 Å². The maximum absolute atomic E-state index is 10.3. The van der Waals surface area contributed by atoms with E-state index >= 15 is 0 Å². The summed E-state index contributed by atoms with van der Waals surface area (Å²) in [6.07, 6.45) is 0.906. The average molecular weight is 685 g/mol. The predicted molar refractivity (Wildman–Crippen MR) is 204 cm³/mol. The molecule has 256 valence electrons. The molecule has 0 heterocycles. The first-order chi connectivity index (χ1) is 25.3. The van der Waals surface area contributed by atoms with E-state index in [4.69, 9.17) is 9.47 Å². The molecule has 0 aliphatic heterocycles. The van der Waals surface area contributed by atoms with Gasteiger partial charge in [0.05, 0.1) is 19.6 Å². The first-order valence-electron chi connectivity index (χ1n) is 17.0. The van der Waals surface area contributed by atoms with Crippen molar-refractivity contribution in [2.75, 3.05) is 14.2 Å². The van der Waals surface area contributed by atoms with Gasteiger partial charge in [-0.15, -0.1) is 0 Å². The molecule has 0 fully saturated rings. The molecular weight excluding hydrogens is 649 g/mol. The minimum absolute atomic E-state index is 0.0828. The first-order valence-corrected chi connectivity index (χ1v) is 17.0. The lowest BCUT2D eigenvalue weighted by Crippen LogP contribution is -2.28. The molecule has 7 aromatic carbocycles. The third-order valence-corrected chi connectivity index (χ3v) is 10.3. The minimum atomic E-state index is -0.671. The molecule has 0 amide bonds. The Labute approximate surface area is 302 Å². The summed E-state index contributed by atoms with van der Waals surface area (Å²) >= 11 is 0. The standard InChI is InChI=1S/C27H22O4.C19H14O2/c1-30-25-15-17(11-13-23(25)28)27(18-12-14-24(29)26(16-18)31-2)21-9-5-3-7-19(21)20-8-4-6-10-22(20)27;20-18-9-8-13(11-19(18)21)15-6-3-7-16-14-5-2-1-4-12(14)10-17(15)16/h3-16,28-29H,1-2H3;1-9,11,20-21H,10H2. The SMILES string of the molecule is COc1cc(C2(c3ccc(O)c(OC)c3)c3ccccc3-c3ccccc32)ccc1O.Oc1ccc(-c2cccc3c2Cc2ccccc2-3)cc1O. The maximum Gasteiger partial charge on any atom is 0.160 e. The van der Waals surface area contributed by atoms with Crippen molar-refractivity contribution in [1.29, 1.82) is 0 Å². The molecule has 6 nitrogen and oxygen atoms in total. The number of hydrogen-bond acceptors (Lipinski definition) is 6. The first kappa shape index (κ1) is 32.5. The number of fused-ring (bicyclic) bond motifs is 6. The second-order valence-corrected chi connectivity index (χ2v) is 13.0. The normalized spacial score (nSPS) is 12.8. The van der Waals surface area contributed by atoms with Gasteiger partial charge in [-0.2, -0.15) is 0 Å². The highest BCUT2D eigenvalue weighted by Gasteiger charge is 2.46. The van der Waals surface area contributed by atoms with Crippen LogP contribution >= 0.6 is 0 Å². The number of phenolic OH excluding ortho intramolecular Hbond substituents is 4. The summed E-state index contributed by atoms with van der Waals surface area (Å²) in [4.78, 5) is 0. The van der Waals surface area contributed by atoms with Crippen molar-refractivity contribution in [1.82, 2.24) is 0 Å². The van der Waals surface area contributed by atoms with Gasteiger partial charge >= 0.3 is 0 Å². The molecule has 0 radical (unpaired) electrons. The topological polar surface area (TPSA) is 99.4 Å². The molecule has 0 saturated heterocycles. The summed E-state index contributed by atoms with van der Waals surface area (Å²) in [5.74, 6) is 0.817. The van der Waals surface area contributed by atoms with Crippen LogP contribution in [0, 0.1) is 0 Å². The van der Waals surface area contributed by atoms with Gasteiger partial charge in [-0.1, -0.05) is 109 Å². The third kappa shape index (κ3) is 5.11. The molecule has 2 aliphatic rings. The molecule has 0 unspecified atom stereocenters. The Balaban J connectivity index is 0.000000160. The largest absolute Gasteiger partial charge is 0.504 e. The molecule has 0 spiro atoms. The van der Waals surface area contributed by atoms with Crippen molar-refractivity contribution >= 4 is 0 Å². The highest BCUT2D eigenvalue weighted by Crippen LogP contribution is 2.57. The fourth-order valence-corrected chi connectivity index (χ4v) is 7.96. The zero-order valence-corrected chi connectivity index (χ0v) is 28.7. The average Bonchev–Trinajstić information content (AvgIpc) is 3.71. The third-order valence-electron chi connectivity index (χ3n) is 10.3. The van der Waals surface area contributed by atoms with E-state index in [1.165, 1.54) is 28.3 Å². The van der Waals surface area contributed by atoms with Crippen LogP contribution in [0.3, 0.4) is 0 Å². The highest BCUT2D eigenvalue weighted by molar-refractivity contribution is 5.87. The van der Waals surface area contributed by atoms with Crippen LogP contribution in [-0.4, -0.2) is 34.6 Å². The van der Waals surface area contributed by atoms with Crippen LogP contribution in [0.1, 0.15) is 33.4 Å². The number of benzene rings is 7. The van der Waals surface area contributed by atoms with Gasteiger partial charge in [0.1, 0.15) is 0 Å².